The SMILES string of the molecule is O=C(NCC1NCCc2sccc21)c1cn[nH]c1-c1ccc(F)c(Cl)c1. The Morgan fingerprint density at radius 1 is 1.42 bits per heavy atom. The molecular weight excluding hydrogens is 375 g/mol. The van der Waals surface area contributed by atoms with Crippen LogP contribution < -0.4 is 10.6 Å². The predicted molar refractivity (Wildman–Crippen MR) is 100 cm³/mol. The molecule has 1 amide bonds. The summed E-state index contributed by atoms with van der Waals surface area (Å²) < 4.78 is 13.4. The van der Waals surface area contributed by atoms with Crippen LogP contribution >= 0.6 is 22.9 Å². The summed E-state index contributed by atoms with van der Waals surface area (Å²) in [5.41, 5.74) is 2.76. The van der Waals surface area contributed by atoms with E-state index in [2.05, 4.69) is 32.3 Å². The summed E-state index contributed by atoms with van der Waals surface area (Å²) in [6.45, 7) is 1.39. The second-order valence-corrected chi connectivity index (χ2v) is 7.46. The molecule has 134 valence electrons. The molecule has 8 heteroatoms. The van der Waals surface area contributed by atoms with Crippen molar-refractivity contribution in [1.82, 2.24) is 20.8 Å². The molecule has 1 unspecified atom stereocenters. The van der Waals surface area contributed by atoms with Crippen LogP contribution in [0.1, 0.15) is 26.8 Å². The van der Waals surface area contributed by atoms with Gasteiger partial charge >= 0.3 is 0 Å². The van der Waals surface area contributed by atoms with Crippen LogP contribution in [0.4, 0.5) is 4.39 Å². The lowest BCUT2D eigenvalue weighted by Crippen LogP contribution is -2.38. The molecule has 1 aliphatic rings. The summed E-state index contributed by atoms with van der Waals surface area (Å²) >= 11 is 7.60. The van der Waals surface area contributed by atoms with Gasteiger partial charge in [0.25, 0.3) is 5.91 Å². The molecule has 0 aliphatic carbocycles. The van der Waals surface area contributed by atoms with E-state index < -0.39 is 5.82 Å². The topological polar surface area (TPSA) is 69.8 Å². The summed E-state index contributed by atoms with van der Waals surface area (Å²) in [7, 11) is 0. The highest BCUT2D eigenvalue weighted by Crippen LogP contribution is 2.28. The van der Waals surface area contributed by atoms with Crippen molar-refractivity contribution in [3.8, 4) is 11.3 Å². The molecule has 0 bridgehead atoms. The molecule has 0 radical (unpaired) electrons. The second kappa shape index (κ2) is 7.19. The number of hydrogen-bond acceptors (Lipinski definition) is 4. The number of amides is 1. The number of H-pyrrole nitrogens is 1. The van der Waals surface area contributed by atoms with Gasteiger partial charge in [0.1, 0.15) is 5.82 Å². The number of nitrogens with one attached hydrogen (secondary N) is 3. The van der Waals surface area contributed by atoms with E-state index in [-0.39, 0.29) is 17.0 Å². The second-order valence-electron chi connectivity index (χ2n) is 6.05. The van der Waals surface area contributed by atoms with Crippen LogP contribution in [0.3, 0.4) is 0 Å². The number of thiophene rings is 1. The van der Waals surface area contributed by atoms with Crippen LogP contribution in [0, 0.1) is 5.82 Å². The Balaban J connectivity index is 1.50. The van der Waals surface area contributed by atoms with Gasteiger partial charge in [-0.25, -0.2) is 4.39 Å². The van der Waals surface area contributed by atoms with Crippen LogP contribution in [0.15, 0.2) is 35.8 Å². The minimum atomic E-state index is -0.504. The minimum Gasteiger partial charge on any atom is -0.350 e. The molecule has 3 heterocycles. The third-order valence-corrected chi connectivity index (χ3v) is 5.74. The lowest BCUT2D eigenvalue weighted by molar-refractivity contribution is 0.0950. The molecule has 1 atom stereocenters. The van der Waals surface area contributed by atoms with E-state index in [1.54, 1.807) is 17.4 Å². The standard InChI is InChI=1S/C18H16ClFN4OS/c19-13-7-10(1-2-14(13)20)17-12(8-23-24-17)18(25)22-9-15-11-4-6-26-16(11)3-5-21-15/h1-2,4,6-8,15,21H,3,5,9H2,(H,22,25)(H,23,24). The molecule has 1 aromatic carbocycles. The first kappa shape index (κ1) is 17.2. The van der Waals surface area contributed by atoms with E-state index in [1.165, 1.54) is 28.8 Å². The Bertz CT molecular complexity index is 954. The van der Waals surface area contributed by atoms with Gasteiger partial charge in [0.15, 0.2) is 0 Å². The van der Waals surface area contributed by atoms with Crippen molar-refractivity contribution in [2.45, 2.75) is 12.5 Å². The number of aromatic nitrogens is 2. The fraction of sp³-hybridized carbons (Fsp3) is 0.222. The smallest absolute Gasteiger partial charge is 0.255 e. The molecule has 0 saturated heterocycles. The summed E-state index contributed by atoms with van der Waals surface area (Å²) in [4.78, 5) is 14.0. The Morgan fingerprint density at radius 2 is 2.31 bits per heavy atom. The first-order valence-corrected chi connectivity index (χ1v) is 9.46. The summed E-state index contributed by atoms with van der Waals surface area (Å²) in [5.74, 6) is -0.741. The Labute approximate surface area is 158 Å². The van der Waals surface area contributed by atoms with E-state index in [0.717, 1.165) is 13.0 Å². The van der Waals surface area contributed by atoms with Crippen LogP contribution in [0.2, 0.25) is 5.02 Å². The number of rotatable bonds is 4. The summed E-state index contributed by atoms with van der Waals surface area (Å²) in [5, 5.41) is 15.2. The molecule has 3 aromatic rings. The maximum atomic E-state index is 13.4. The maximum Gasteiger partial charge on any atom is 0.255 e. The number of aromatic amines is 1. The number of carbonyl (C=O) groups excluding carboxylic acids is 1. The zero-order chi connectivity index (χ0) is 18.1. The number of fused-ring (bicyclic) bond motifs is 1. The number of nitrogens with zero attached hydrogens (tertiary/aromatic N) is 1. The van der Waals surface area contributed by atoms with Gasteiger partial charge in [-0.1, -0.05) is 11.6 Å². The Kier molecular flexibility index (Phi) is 4.76. The molecule has 2 aromatic heterocycles. The van der Waals surface area contributed by atoms with E-state index in [1.807, 2.05) is 0 Å². The number of benzene rings is 1. The van der Waals surface area contributed by atoms with Crippen LogP contribution in [-0.2, 0) is 6.42 Å². The van der Waals surface area contributed by atoms with Crippen LogP contribution in [0.5, 0.6) is 0 Å². The molecule has 0 saturated carbocycles. The maximum absolute atomic E-state index is 13.4. The number of halogens is 2. The van der Waals surface area contributed by atoms with E-state index in [4.69, 9.17) is 11.6 Å². The highest BCUT2D eigenvalue weighted by molar-refractivity contribution is 7.10. The van der Waals surface area contributed by atoms with Crippen molar-refractivity contribution in [3.63, 3.8) is 0 Å². The largest absolute Gasteiger partial charge is 0.350 e. The van der Waals surface area contributed by atoms with Gasteiger partial charge in [0, 0.05) is 23.5 Å². The van der Waals surface area contributed by atoms with Gasteiger partial charge in [-0.15, -0.1) is 11.3 Å². The molecule has 5 nitrogen and oxygen atoms in total. The molecule has 26 heavy (non-hydrogen) atoms. The monoisotopic (exact) mass is 390 g/mol. The Hall–Kier alpha value is -2.22. The lowest BCUT2D eigenvalue weighted by Gasteiger charge is -2.24. The summed E-state index contributed by atoms with van der Waals surface area (Å²) in [6.07, 6.45) is 2.49. The van der Waals surface area contributed by atoms with Crippen molar-refractivity contribution >= 4 is 28.8 Å². The third kappa shape index (κ3) is 3.25. The highest BCUT2D eigenvalue weighted by atomic mass is 35.5. The van der Waals surface area contributed by atoms with E-state index in [0.29, 0.717) is 23.4 Å². The van der Waals surface area contributed by atoms with Gasteiger partial charge < -0.3 is 10.6 Å². The van der Waals surface area contributed by atoms with Crippen molar-refractivity contribution in [1.29, 1.82) is 0 Å². The number of carbonyl (C=O) groups is 1. The molecular formula is C18H16ClFN4OS. The summed E-state index contributed by atoms with van der Waals surface area (Å²) in [6, 6.07) is 6.51. The average Bonchev–Trinajstić information content (AvgIpc) is 3.31. The van der Waals surface area contributed by atoms with Gasteiger partial charge in [-0.2, -0.15) is 5.10 Å². The van der Waals surface area contributed by atoms with Crippen LogP contribution in [0.25, 0.3) is 11.3 Å². The third-order valence-electron chi connectivity index (χ3n) is 4.46. The zero-order valence-electron chi connectivity index (χ0n) is 13.7. The van der Waals surface area contributed by atoms with Crippen molar-refractivity contribution in [3.05, 3.63) is 62.7 Å². The molecule has 3 N–H and O–H groups in total. The molecule has 1 aliphatic heterocycles. The highest BCUT2D eigenvalue weighted by Gasteiger charge is 2.22. The molecule has 4 rings (SSSR count). The Morgan fingerprint density at radius 3 is 3.15 bits per heavy atom. The predicted octanol–water partition coefficient (Wildman–Crippen LogP) is 3.55. The minimum absolute atomic E-state index is 0.000138. The van der Waals surface area contributed by atoms with Crippen LogP contribution in [-0.4, -0.2) is 29.2 Å². The fourth-order valence-corrected chi connectivity index (χ4v) is 4.26. The molecule has 0 spiro atoms. The molecule has 0 fully saturated rings. The van der Waals surface area contributed by atoms with Crippen molar-refractivity contribution in [2.24, 2.45) is 0 Å². The van der Waals surface area contributed by atoms with Crippen molar-refractivity contribution in [2.75, 3.05) is 13.1 Å². The van der Waals surface area contributed by atoms with Gasteiger partial charge in [0.2, 0.25) is 0 Å². The average molecular weight is 391 g/mol. The zero-order valence-corrected chi connectivity index (χ0v) is 15.3. The quantitative estimate of drug-likeness (QED) is 0.638. The van der Waals surface area contributed by atoms with Gasteiger partial charge in [-0.3, -0.25) is 9.89 Å². The number of hydrogen-bond donors (Lipinski definition) is 3. The first-order valence-electron chi connectivity index (χ1n) is 8.20. The normalized spacial score (nSPS) is 16.3. The van der Waals surface area contributed by atoms with E-state index in [9.17, 15) is 9.18 Å². The van der Waals surface area contributed by atoms with E-state index >= 15 is 0 Å². The fourth-order valence-electron chi connectivity index (χ4n) is 3.14. The lowest BCUT2D eigenvalue weighted by atomic mass is 10.0. The van der Waals surface area contributed by atoms with Crippen molar-refractivity contribution < 1.29 is 9.18 Å². The first-order chi connectivity index (χ1) is 12.6. The van der Waals surface area contributed by atoms with Gasteiger partial charge in [-0.05, 0) is 41.6 Å². The van der Waals surface area contributed by atoms with Gasteiger partial charge in [0.05, 0.1) is 28.5 Å².